The van der Waals surface area contributed by atoms with Crippen molar-refractivity contribution >= 4 is 79.4 Å². The lowest BCUT2D eigenvalue weighted by Gasteiger charge is -2.48. The number of aromatic nitrogens is 4. The quantitative estimate of drug-likeness (QED) is 0.158. The molecule has 0 bridgehead atoms. The molecule has 4 nitrogen and oxygen atoms in total. The zero-order valence-corrected chi connectivity index (χ0v) is 36.4. The van der Waals surface area contributed by atoms with Gasteiger partial charge in [0, 0.05) is 21.9 Å². The summed E-state index contributed by atoms with van der Waals surface area (Å²) in [5, 5.41) is 13.5. The van der Waals surface area contributed by atoms with Crippen LogP contribution < -0.4 is 41.5 Å². The smallest absolute Gasteiger partial charge is 0.238 e. The standard InChI is InChI=1S/C57H40N4Si2/c1-6-22-41(23-7-1)55-58-56(42-24-8-2-9-25-42)60-57(59-55)61-49-33-17-16-32-47(49)48-39-38-46(40-50(48)61)63(45-30-14-5-15-31-45)53-36-20-18-34-51(53)62(43-26-10-3-11-27-43,44-28-12-4-13-29-44)52-35-19-21-37-54(52)63/h1-40H. The first-order chi connectivity index (χ1) is 31.3. The summed E-state index contributed by atoms with van der Waals surface area (Å²) in [6.45, 7) is 0. The van der Waals surface area contributed by atoms with E-state index in [-0.39, 0.29) is 0 Å². The molecular weight excluding hydrogens is 797 g/mol. The number of hydrogen-bond acceptors (Lipinski definition) is 3. The minimum Gasteiger partial charge on any atom is -0.278 e. The Morgan fingerprint density at radius 3 is 1.11 bits per heavy atom. The van der Waals surface area contributed by atoms with Crippen LogP contribution in [0.25, 0.3) is 50.5 Å². The molecule has 0 saturated heterocycles. The molecule has 1 aliphatic rings. The molecule has 0 unspecified atom stereocenters. The van der Waals surface area contributed by atoms with Gasteiger partial charge in [0.25, 0.3) is 0 Å². The molecule has 0 aliphatic carbocycles. The molecule has 0 spiro atoms. The first-order valence-electron chi connectivity index (χ1n) is 21.5. The van der Waals surface area contributed by atoms with Crippen molar-refractivity contribution in [3.05, 3.63) is 243 Å². The van der Waals surface area contributed by atoms with Crippen LogP contribution in [0.15, 0.2) is 243 Å². The fourth-order valence-corrected chi connectivity index (χ4v) is 22.6. The van der Waals surface area contributed by atoms with Crippen LogP contribution in [0, 0.1) is 0 Å². The van der Waals surface area contributed by atoms with E-state index in [0.717, 1.165) is 32.9 Å². The Hall–Kier alpha value is -7.78. The average molecular weight is 837 g/mol. The first kappa shape index (κ1) is 37.0. The molecule has 6 heteroatoms. The van der Waals surface area contributed by atoms with Gasteiger partial charge in [0.05, 0.1) is 11.0 Å². The molecule has 2 aromatic heterocycles. The van der Waals surface area contributed by atoms with E-state index in [1.54, 1.807) is 0 Å². The van der Waals surface area contributed by atoms with Crippen molar-refractivity contribution in [3.8, 4) is 28.7 Å². The predicted octanol–water partition coefficient (Wildman–Crippen LogP) is 7.37. The van der Waals surface area contributed by atoms with Gasteiger partial charge in [0.1, 0.15) is 0 Å². The van der Waals surface area contributed by atoms with E-state index in [2.05, 4.69) is 211 Å². The number of rotatable bonds is 7. The Balaban J connectivity index is 1.20. The maximum Gasteiger partial charge on any atom is 0.238 e. The molecule has 0 radical (unpaired) electrons. The van der Waals surface area contributed by atoms with E-state index >= 15 is 0 Å². The van der Waals surface area contributed by atoms with Crippen LogP contribution in [-0.4, -0.2) is 35.7 Å². The summed E-state index contributed by atoms with van der Waals surface area (Å²) in [5.74, 6) is 1.86. The summed E-state index contributed by atoms with van der Waals surface area (Å²) in [5.41, 5.74) is 3.99. The van der Waals surface area contributed by atoms with Gasteiger partial charge in [-0.25, -0.2) is 4.98 Å². The molecule has 296 valence electrons. The molecule has 11 aromatic rings. The molecule has 3 heterocycles. The van der Waals surface area contributed by atoms with Gasteiger partial charge in [-0.15, -0.1) is 0 Å². The number of fused-ring (bicyclic) bond motifs is 5. The Morgan fingerprint density at radius 2 is 0.651 bits per heavy atom. The predicted molar refractivity (Wildman–Crippen MR) is 266 cm³/mol. The highest BCUT2D eigenvalue weighted by atomic mass is 28.3. The van der Waals surface area contributed by atoms with Crippen LogP contribution in [0.1, 0.15) is 0 Å². The lowest BCUT2D eigenvalue weighted by Crippen LogP contribution is -2.93. The summed E-state index contributed by atoms with van der Waals surface area (Å²) < 4.78 is 2.27. The van der Waals surface area contributed by atoms with Crippen LogP contribution in [0.5, 0.6) is 0 Å². The third-order valence-electron chi connectivity index (χ3n) is 13.1. The molecule has 9 aromatic carbocycles. The highest BCUT2D eigenvalue weighted by Gasteiger charge is 2.56. The highest BCUT2D eigenvalue weighted by molar-refractivity contribution is 7.32. The molecule has 63 heavy (non-hydrogen) atoms. The van der Waals surface area contributed by atoms with Crippen LogP contribution >= 0.6 is 0 Å². The number of nitrogens with zero attached hydrogens (tertiary/aromatic N) is 4. The van der Waals surface area contributed by atoms with E-state index in [1.807, 2.05) is 36.4 Å². The Bertz CT molecular complexity index is 3300. The van der Waals surface area contributed by atoms with Gasteiger partial charge in [-0.05, 0) is 53.6 Å². The van der Waals surface area contributed by atoms with E-state index in [1.165, 1.54) is 41.5 Å². The van der Waals surface area contributed by atoms with Crippen molar-refractivity contribution in [2.45, 2.75) is 0 Å². The van der Waals surface area contributed by atoms with E-state index in [9.17, 15) is 0 Å². The lowest BCUT2D eigenvalue weighted by molar-refractivity contribution is 0.953. The second kappa shape index (κ2) is 15.0. The number of benzene rings is 9. The van der Waals surface area contributed by atoms with Crippen LogP contribution in [-0.2, 0) is 0 Å². The summed E-state index contributed by atoms with van der Waals surface area (Å²) in [4.78, 5) is 15.7. The van der Waals surface area contributed by atoms with E-state index in [0.29, 0.717) is 17.6 Å². The Kier molecular flexibility index (Phi) is 8.81. The molecule has 12 rings (SSSR count). The maximum atomic E-state index is 5.31. The lowest BCUT2D eigenvalue weighted by atomic mass is 10.1. The van der Waals surface area contributed by atoms with Gasteiger partial charge < -0.3 is 0 Å². The minimum atomic E-state index is -3.08. The van der Waals surface area contributed by atoms with Crippen molar-refractivity contribution in [1.29, 1.82) is 0 Å². The summed E-state index contributed by atoms with van der Waals surface area (Å²) in [6, 6.07) is 89.3. The third-order valence-corrected chi connectivity index (χ3v) is 23.3. The van der Waals surface area contributed by atoms with Gasteiger partial charge in [-0.2, -0.15) is 9.97 Å². The van der Waals surface area contributed by atoms with Crippen LogP contribution in [0.3, 0.4) is 0 Å². The van der Waals surface area contributed by atoms with Gasteiger partial charge in [0.15, 0.2) is 27.8 Å². The first-order valence-corrected chi connectivity index (χ1v) is 25.5. The van der Waals surface area contributed by atoms with E-state index < -0.39 is 16.1 Å². The van der Waals surface area contributed by atoms with Crippen molar-refractivity contribution < 1.29 is 0 Å². The molecule has 1 aliphatic heterocycles. The SMILES string of the molecule is c1ccc(-c2nc(-c3ccccc3)nc(-n3c4ccccc4c4ccc([Si]5(c6ccccc6)c6ccccc6[Si](c6ccccc6)(c6ccccc6)c6ccccc65)cc43)n2)cc1. The third kappa shape index (κ3) is 5.62. The molecule has 0 saturated carbocycles. The molecular formula is C57H40N4Si2. The summed E-state index contributed by atoms with van der Waals surface area (Å²) in [7, 11) is -5.93. The second-order valence-corrected chi connectivity index (χ2v) is 23.8. The van der Waals surface area contributed by atoms with Gasteiger partial charge in [-0.1, -0.05) is 231 Å². The number of para-hydroxylation sites is 1. The molecule has 0 fully saturated rings. The minimum absolute atomic E-state index is 0.588. The van der Waals surface area contributed by atoms with Crippen molar-refractivity contribution in [2.24, 2.45) is 0 Å². The van der Waals surface area contributed by atoms with Crippen molar-refractivity contribution in [3.63, 3.8) is 0 Å². The summed E-state index contributed by atoms with van der Waals surface area (Å²) >= 11 is 0. The van der Waals surface area contributed by atoms with Crippen molar-refractivity contribution in [1.82, 2.24) is 19.5 Å². The Morgan fingerprint density at radius 1 is 0.286 bits per heavy atom. The van der Waals surface area contributed by atoms with Crippen LogP contribution in [0.2, 0.25) is 0 Å². The number of hydrogen-bond donors (Lipinski definition) is 0. The zero-order valence-electron chi connectivity index (χ0n) is 34.4. The largest absolute Gasteiger partial charge is 0.278 e. The molecule has 0 N–H and O–H groups in total. The summed E-state index contributed by atoms with van der Waals surface area (Å²) in [6.07, 6.45) is 0. The zero-order chi connectivity index (χ0) is 41.8. The van der Waals surface area contributed by atoms with Crippen molar-refractivity contribution in [2.75, 3.05) is 0 Å². The fourth-order valence-electron chi connectivity index (χ4n) is 10.5. The van der Waals surface area contributed by atoms with E-state index in [4.69, 9.17) is 15.0 Å². The highest BCUT2D eigenvalue weighted by Crippen LogP contribution is 2.33. The fraction of sp³-hybridized carbons (Fsp3) is 0. The molecule has 0 amide bonds. The van der Waals surface area contributed by atoms with Gasteiger partial charge >= 0.3 is 0 Å². The normalized spacial score (nSPS) is 13.7. The van der Waals surface area contributed by atoms with Gasteiger partial charge in [-0.3, -0.25) is 4.57 Å². The topological polar surface area (TPSA) is 43.6 Å². The average Bonchev–Trinajstić information content (AvgIpc) is 3.70. The van der Waals surface area contributed by atoms with Crippen LogP contribution in [0.4, 0.5) is 0 Å². The van der Waals surface area contributed by atoms with Gasteiger partial charge in [0.2, 0.25) is 5.95 Å². The maximum absolute atomic E-state index is 5.31. The monoisotopic (exact) mass is 836 g/mol. The molecule has 0 atom stereocenters. The Labute approximate surface area is 368 Å². The second-order valence-electron chi connectivity index (χ2n) is 16.3.